The van der Waals surface area contributed by atoms with Crippen LogP contribution < -0.4 is 10.1 Å². The maximum atomic E-state index is 15.0. The van der Waals surface area contributed by atoms with Gasteiger partial charge in [0.2, 0.25) is 0 Å². The first-order valence-corrected chi connectivity index (χ1v) is 9.23. The number of carbonyl (C=O) groups excluding carboxylic acids is 2. The van der Waals surface area contributed by atoms with Gasteiger partial charge < -0.3 is 15.0 Å². The summed E-state index contributed by atoms with van der Waals surface area (Å²) in [4.78, 5) is 29.9. The number of nitrogens with one attached hydrogen (secondary N) is 2. The quantitative estimate of drug-likeness (QED) is 0.539. The number of aromatic nitrogens is 2. The number of amides is 1. The van der Waals surface area contributed by atoms with Crippen LogP contribution in [0.4, 0.5) is 4.39 Å². The van der Waals surface area contributed by atoms with E-state index in [0.29, 0.717) is 12.1 Å². The number of hydrogen-bond donors (Lipinski definition) is 2. The van der Waals surface area contributed by atoms with Gasteiger partial charge in [0, 0.05) is 17.7 Å². The molecule has 10 heteroatoms. The highest BCUT2D eigenvalue weighted by atomic mass is 35.5. The molecule has 1 amide bonds. The summed E-state index contributed by atoms with van der Waals surface area (Å²) in [6.07, 6.45) is 0.542. The first-order chi connectivity index (χ1) is 14.3. The van der Waals surface area contributed by atoms with Crippen molar-refractivity contribution in [3.63, 3.8) is 0 Å². The fraction of sp³-hybridized carbons (Fsp3) is 0.100. The smallest absolute Gasteiger partial charge is 0.271 e. The second-order valence-corrected chi connectivity index (χ2v) is 6.91. The molecule has 7 nitrogen and oxygen atoms in total. The Balaban J connectivity index is 1.84. The average molecular weight is 447 g/mol. The predicted molar refractivity (Wildman–Crippen MR) is 108 cm³/mol. The Morgan fingerprint density at radius 3 is 2.77 bits per heavy atom. The summed E-state index contributed by atoms with van der Waals surface area (Å²) in [6, 6.07) is 8.76. The van der Waals surface area contributed by atoms with E-state index in [4.69, 9.17) is 33.2 Å². The molecule has 0 unspecified atom stereocenters. The zero-order chi connectivity index (χ0) is 21.8. The van der Waals surface area contributed by atoms with Gasteiger partial charge in [-0.2, -0.15) is 5.26 Å². The van der Waals surface area contributed by atoms with E-state index in [1.807, 2.05) is 6.07 Å². The van der Waals surface area contributed by atoms with E-state index in [1.54, 1.807) is 6.92 Å². The molecule has 30 heavy (non-hydrogen) atoms. The molecule has 0 saturated carbocycles. The third kappa shape index (κ3) is 4.59. The number of carbonyl (C=O) groups is 2. The van der Waals surface area contributed by atoms with Gasteiger partial charge in [0.1, 0.15) is 23.6 Å². The molecule has 0 radical (unpaired) electrons. The summed E-state index contributed by atoms with van der Waals surface area (Å²) in [6.45, 7) is 1.47. The second-order valence-electron chi connectivity index (χ2n) is 6.14. The molecule has 0 saturated heterocycles. The molecule has 1 heterocycles. The van der Waals surface area contributed by atoms with Crippen LogP contribution in [0.3, 0.4) is 0 Å². The lowest BCUT2D eigenvalue weighted by Crippen LogP contribution is -2.24. The molecule has 0 aliphatic rings. The zero-order valence-electron chi connectivity index (χ0n) is 15.4. The number of benzene rings is 2. The molecule has 0 aliphatic heterocycles. The molecular weight excluding hydrogens is 434 g/mol. The van der Waals surface area contributed by atoms with Crippen LogP contribution in [0.25, 0.3) is 0 Å². The van der Waals surface area contributed by atoms with Crippen LogP contribution in [0, 0.1) is 24.1 Å². The Labute approximate surface area is 180 Å². The Bertz CT molecular complexity index is 1190. The van der Waals surface area contributed by atoms with Gasteiger partial charge in [-0.1, -0.05) is 29.3 Å². The van der Waals surface area contributed by atoms with Crippen molar-refractivity contribution < 1.29 is 18.7 Å². The highest BCUT2D eigenvalue weighted by molar-refractivity contribution is 6.32. The SMILES string of the molecule is Cc1nc(Cl)c(C(=O)NCc2ccc(Cl)c(Oc3cc(C#N)cc(C=O)c3)c2F)[nH]1. The number of imidazole rings is 1. The maximum absolute atomic E-state index is 15.0. The van der Waals surface area contributed by atoms with E-state index in [2.05, 4.69) is 15.3 Å². The predicted octanol–water partition coefficient (Wildman–Crippen LogP) is 4.57. The summed E-state index contributed by atoms with van der Waals surface area (Å²) >= 11 is 11.9. The molecule has 2 aromatic carbocycles. The lowest BCUT2D eigenvalue weighted by Gasteiger charge is -2.13. The van der Waals surface area contributed by atoms with Gasteiger partial charge in [0.15, 0.2) is 16.7 Å². The third-order valence-corrected chi connectivity index (χ3v) is 4.56. The molecule has 0 fully saturated rings. The van der Waals surface area contributed by atoms with Crippen LogP contribution in [-0.2, 0) is 6.54 Å². The molecule has 152 valence electrons. The van der Waals surface area contributed by atoms with Crippen LogP contribution in [0.5, 0.6) is 11.5 Å². The van der Waals surface area contributed by atoms with Crippen molar-refractivity contribution in [1.82, 2.24) is 15.3 Å². The minimum Gasteiger partial charge on any atom is -0.453 e. The maximum Gasteiger partial charge on any atom is 0.271 e. The first kappa shape index (κ1) is 21.3. The molecular formula is C20H13Cl2FN4O3. The fourth-order valence-corrected chi connectivity index (χ4v) is 3.06. The molecule has 2 N–H and O–H groups in total. The highest BCUT2D eigenvalue weighted by Gasteiger charge is 2.18. The average Bonchev–Trinajstić information content (AvgIpc) is 3.08. The van der Waals surface area contributed by atoms with Gasteiger partial charge in [-0.15, -0.1) is 0 Å². The van der Waals surface area contributed by atoms with Crippen LogP contribution in [-0.4, -0.2) is 22.2 Å². The van der Waals surface area contributed by atoms with E-state index >= 15 is 0 Å². The van der Waals surface area contributed by atoms with E-state index in [1.165, 1.54) is 30.3 Å². The van der Waals surface area contributed by atoms with Gasteiger partial charge >= 0.3 is 0 Å². The van der Waals surface area contributed by atoms with E-state index < -0.39 is 11.7 Å². The first-order valence-electron chi connectivity index (χ1n) is 8.47. The number of aldehydes is 1. The number of rotatable bonds is 6. The van der Waals surface area contributed by atoms with Crippen molar-refractivity contribution in [1.29, 1.82) is 5.26 Å². The van der Waals surface area contributed by atoms with Gasteiger partial charge in [-0.05, 0) is 31.2 Å². The number of H-pyrrole nitrogens is 1. The number of aromatic amines is 1. The number of halogens is 3. The summed E-state index contributed by atoms with van der Waals surface area (Å²) < 4.78 is 20.5. The summed E-state index contributed by atoms with van der Waals surface area (Å²) in [5.74, 6) is -1.13. The van der Waals surface area contributed by atoms with Crippen LogP contribution >= 0.6 is 23.2 Å². The number of aryl methyl sites for hydroxylation is 1. The largest absolute Gasteiger partial charge is 0.453 e. The second kappa shape index (κ2) is 8.95. The van der Waals surface area contributed by atoms with Crippen molar-refractivity contribution >= 4 is 35.4 Å². The molecule has 1 aromatic heterocycles. The minimum absolute atomic E-state index is 0.00829. The van der Waals surface area contributed by atoms with E-state index in [9.17, 15) is 14.0 Å². The fourth-order valence-electron chi connectivity index (χ4n) is 2.61. The Kier molecular flexibility index (Phi) is 6.35. The van der Waals surface area contributed by atoms with Crippen LogP contribution in [0.15, 0.2) is 30.3 Å². The molecule has 3 aromatic rings. The van der Waals surface area contributed by atoms with Crippen molar-refractivity contribution in [2.24, 2.45) is 0 Å². The summed E-state index contributed by atoms with van der Waals surface area (Å²) in [5, 5.41) is 11.6. The van der Waals surface area contributed by atoms with E-state index in [-0.39, 0.29) is 50.6 Å². The van der Waals surface area contributed by atoms with Gasteiger partial charge in [0.05, 0.1) is 16.7 Å². The van der Waals surface area contributed by atoms with Crippen molar-refractivity contribution in [3.8, 4) is 17.6 Å². The molecule has 3 rings (SSSR count). The van der Waals surface area contributed by atoms with Crippen molar-refractivity contribution in [2.75, 3.05) is 0 Å². The summed E-state index contributed by atoms with van der Waals surface area (Å²) in [5.41, 5.74) is 0.522. The monoisotopic (exact) mass is 446 g/mol. The Morgan fingerprint density at radius 1 is 1.37 bits per heavy atom. The Hall–Kier alpha value is -3.41. The lowest BCUT2D eigenvalue weighted by molar-refractivity contribution is 0.0945. The third-order valence-electron chi connectivity index (χ3n) is 3.99. The van der Waals surface area contributed by atoms with Crippen LogP contribution in [0.2, 0.25) is 10.2 Å². The molecule has 0 bridgehead atoms. The molecule has 0 aliphatic carbocycles. The number of nitriles is 1. The molecule has 0 atom stereocenters. The summed E-state index contributed by atoms with van der Waals surface area (Å²) in [7, 11) is 0. The van der Waals surface area contributed by atoms with Gasteiger partial charge in [0.25, 0.3) is 5.91 Å². The zero-order valence-corrected chi connectivity index (χ0v) is 16.9. The normalized spacial score (nSPS) is 10.4. The highest BCUT2D eigenvalue weighted by Crippen LogP contribution is 2.34. The van der Waals surface area contributed by atoms with E-state index in [0.717, 1.165) is 0 Å². The topological polar surface area (TPSA) is 108 Å². The standard InChI is InChI=1S/C20H13Cl2FN4O3/c1-10-26-17(19(22)27-10)20(29)25-8-13-2-3-15(21)18(16(13)23)30-14-5-11(7-24)4-12(6-14)9-28/h2-6,9H,8H2,1H3,(H,25,29)(H,26,27). The minimum atomic E-state index is -0.801. The lowest BCUT2D eigenvalue weighted by atomic mass is 10.1. The van der Waals surface area contributed by atoms with Crippen LogP contribution in [0.1, 0.15) is 37.8 Å². The number of nitrogens with zero attached hydrogens (tertiary/aromatic N) is 2. The number of ether oxygens (including phenoxy) is 1. The van der Waals surface area contributed by atoms with Crippen molar-refractivity contribution in [2.45, 2.75) is 13.5 Å². The van der Waals surface area contributed by atoms with Gasteiger partial charge in [-0.25, -0.2) is 9.37 Å². The van der Waals surface area contributed by atoms with Gasteiger partial charge in [-0.3, -0.25) is 9.59 Å². The Morgan fingerprint density at radius 2 is 2.13 bits per heavy atom. The number of hydrogen-bond acceptors (Lipinski definition) is 5. The van der Waals surface area contributed by atoms with Crippen molar-refractivity contribution in [3.05, 3.63) is 74.5 Å². The molecule has 0 spiro atoms.